The van der Waals surface area contributed by atoms with Crippen molar-refractivity contribution in [2.24, 2.45) is 5.41 Å². The summed E-state index contributed by atoms with van der Waals surface area (Å²) in [6.45, 7) is 5.20. The van der Waals surface area contributed by atoms with Crippen LogP contribution in [0, 0.1) is 5.41 Å². The number of rotatable bonds is 9. The number of fused-ring (bicyclic) bond motifs is 5. The van der Waals surface area contributed by atoms with Crippen LogP contribution in [0.3, 0.4) is 0 Å². The molecule has 3 aromatic rings. The van der Waals surface area contributed by atoms with Crippen LogP contribution in [0.5, 0.6) is 11.5 Å². The molecule has 1 saturated heterocycles. The number of hydrogen-bond acceptors (Lipinski definition) is 4. The topological polar surface area (TPSA) is 66.6 Å². The summed E-state index contributed by atoms with van der Waals surface area (Å²) in [5, 5.41) is 4.53. The third-order valence-corrected chi connectivity index (χ3v) is 8.57. The number of carbonyl (C=O) groups is 1. The van der Waals surface area contributed by atoms with Crippen molar-refractivity contribution in [3.8, 4) is 11.5 Å². The summed E-state index contributed by atoms with van der Waals surface area (Å²) in [7, 11) is 3.28. The van der Waals surface area contributed by atoms with Crippen LogP contribution in [0.25, 0.3) is 10.9 Å². The monoisotopic (exact) mass is 489 g/mol. The van der Waals surface area contributed by atoms with E-state index in [-0.39, 0.29) is 11.3 Å². The molecule has 2 aliphatic rings. The van der Waals surface area contributed by atoms with Gasteiger partial charge in [0.15, 0.2) is 11.5 Å². The van der Waals surface area contributed by atoms with E-state index < -0.39 is 0 Å². The molecule has 192 valence electrons. The Morgan fingerprint density at radius 2 is 1.97 bits per heavy atom. The van der Waals surface area contributed by atoms with Gasteiger partial charge in [-0.2, -0.15) is 0 Å². The molecule has 0 saturated carbocycles. The minimum absolute atomic E-state index is 0.120. The lowest BCUT2D eigenvalue weighted by Gasteiger charge is -2.52. The van der Waals surface area contributed by atoms with Crippen molar-refractivity contribution in [2.45, 2.75) is 57.9 Å². The largest absolute Gasteiger partial charge is 0.493 e. The maximum absolute atomic E-state index is 12.9. The van der Waals surface area contributed by atoms with Crippen molar-refractivity contribution in [3.63, 3.8) is 0 Å². The van der Waals surface area contributed by atoms with E-state index in [1.54, 1.807) is 14.2 Å². The van der Waals surface area contributed by atoms with Crippen LogP contribution in [-0.4, -0.2) is 49.6 Å². The van der Waals surface area contributed by atoms with Crippen molar-refractivity contribution in [1.82, 2.24) is 15.2 Å². The van der Waals surface area contributed by atoms with Gasteiger partial charge >= 0.3 is 0 Å². The Balaban J connectivity index is 1.25. The van der Waals surface area contributed by atoms with E-state index in [1.807, 2.05) is 18.2 Å². The number of ether oxygens (including phenoxy) is 2. The average molecular weight is 490 g/mol. The normalized spacial score (nSPS) is 21.6. The average Bonchev–Trinajstić information content (AvgIpc) is 3.30. The van der Waals surface area contributed by atoms with Gasteiger partial charge in [0.05, 0.1) is 20.3 Å². The zero-order valence-electron chi connectivity index (χ0n) is 21.9. The number of hydrogen-bond donors (Lipinski definition) is 2. The van der Waals surface area contributed by atoms with Crippen LogP contribution >= 0.6 is 0 Å². The second kappa shape index (κ2) is 10.6. The molecule has 0 unspecified atom stereocenters. The van der Waals surface area contributed by atoms with Crippen molar-refractivity contribution in [2.75, 3.05) is 33.9 Å². The first-order valence-electron chi connectivity index (χ1n) is 13.4. The van der Waals surface area contributed by atoms with Crippen molar-refractivity contribution < 1.29 is 14.3 Å². The van der Waals surface area contributed by atoms with Crippen LogP contribution in [0.1, 0.15) is 61.9 Å². The van der Waals surface area contributed by atoms with E-state index in [1.165, 1.54) is 35.0 Å². The Bertz CT molecular complexity index is 1220. The van der Waals surface area contributed by atoms with Gasteiger partial charge in [-0.25, -0.2) is 0 Å². The van der Waals surface area contributed by atoms with Crippen LogP contribution in [0.15, 0.2) is 42.5 Å². The first-order chi connectivity index (χ1) is 17.6. The molecule has 1 fully saturated rings. The second-order valence-corrected chi connectivity index (χ2v) is 10.4. The fourth-order valence-corrected chi connectivity index (χ4v) is 6.64. The number of carbonyl (C=O) groups excluding carboxylic acids is 1. The third-order valence-electron chi connectivity index (χ3n) is 8.57. The highest BCUT2D eigenvalue weighted by molar-refractivity contribution is 5.85. The van der Waals surface area contributed by atoms with Gasteiger partial charge in [-0.05, 0) is 79.8 Å². The molecule has 2 N–H and O–H groups in total. The number of para-hydroxylation sites is 1. The van der Waals surface area contributed by atoms with Gasteiger partial charge in [0.25, 0.3) is 0 Å². The molecular formula is C30H39N3O3. The number of benzene rings is 2. The Hall–Kier alpha value is -2.99. The predicted octanol–water partition coefficient (Wildman–Crippen LogP) is 5.41. The smallest absolute Gasteiger partial charge is 0.220 e. The van der Waals surface area contributed by atoms with Crippen LogP contribution in [-0.2, 0) is 17.6 Å². The number of piperidine rings is 1. The Morgan fingerprint density at radius 1 is 1.14 bits per heavy atom. The maximum atomic E-state index is 12.9. The van der Waals surface area contributed by atoms with Crippen LogP contribution in [0.4, 0.5) is 0 Å². The molecule has 36 heavy (non-hydrogen) atoms. The molecule has 3 heterocycles. The number of methoxy groups -OCH3 is 2. The molecule has 2 aliphatic heterocycles. The SMILES string of the molecule is CC[C@]1(CCC(=O)NCCc2ccc(OC)c(OC)c2)CCCN2CCc3c([nH]c4ccccc34)[C@@H]21. The van der Waals surface area contributed by atoms with Crippen LogP contribution in [0.2, 0.25) is 0 Å². The minimum atomic E-state index is 0.120. The van der Waals surface area contributed by atoms with Crippen LogP contribution < -0.4 is 14.8 Å². The molecule has 5 rings (SSSR count). The molecule has 1 aromatic heterocycles. The highest BCUT2D eigenvalue weighted by Crippen LogP contribution is 2.53. The van der Waals surface area contributed by atoms with Gasteiger partial charge in [-0.15, -0.1) is 0 Å². The second-order valence-electron chi connectivity index (χ2n) is 10.4. The molecule has 6 heteroatoms. The summed E-state index contributed by atoms with van der Waals surface area (Å²) in [5.74, 6) is 1.59. The molecule has 0 bridgehead atoms. The lowest BCUT2D eigenvalue weighted by atomic mass is 9.65. The Morgan fingerprint density at radius 3 is 2.78 bits per heavy atom. The highest BCUT2D eigenvalue weighted by atomic mass is 16.5. The summed E-state index contributed by atoms with van der Waals surface area (Å²) in [5.41, 5.74) is 5.38. The van der Waals surface area contributed by atoms with E-state index in [4.69, 9.17) is 9.47 Å². The zero-order chi connectivity index (χ0) is 25.1. The van der Waals surface area contributed by atoms with E-state index in [2.05, 4.69) is 46.4 Å². The van der Waals surface area contributed by atoms with Gasteiger partial charge < -0.3 is 19.8 Å². The standard InChI is InChI=1S/C30H39N3O3/c1-4-30(16-12-27(34)31-17-13-21-10-11-25(35-2)26(20-21)36-3)15-7-18-33-19-14-23-22-8-5-6-9-24(22)32-28(23)29(30)33/h5-6,8-11,20,29,32H,4,7,12-19H2,1-3H3,(H,31,34)/t29-,30-/m1/s1. The van der Waals surface area contributed by atoms with Gasteiger partial charge in [0.2, 0.25) is 5.91 Å². The molecule has 6 nitrogen and oxygen atoms in total. The molecule has 0 spiro atoms. The Kier molecular flexibility index (Phi) is 7.24. The van der Waals surface area contributed by atoms with E-state index in [0.29, 0.717) is 19.0 Å². The van der Waals surface area contributed by atoms with Crippen molar-refractivity contribution in [3.05, 3.63) is 59.3 Å². The summed E-state index contributed by atoms with van der Waals surface area (Å²) >= 11 is 0. The molecule has 0 aliphatic carbocycles. The summed E-state index contributed by atoms with van der Waals surface area (Å²) in [6.07, 6.45) is 6.83. The van der Waals surface area contributed by atoms with Gasteiger partial charge in [0, 0.05) is 36.1 Å². The quantitative estimate of drug-likeness (QED) is 0.422. The number of nitrogens with zero attached hydrogens (tertiary/aromatic N) is 1. The van der Waals surface area contributed by atoms with Gasteiger partial charge in [-0.1, -0.05) is 31.2 Å². The third kappa shape index (κ3) is 4.59. The molecule has 1 amide bonds. The number of aromatic amines is 1. The van der Waals surface area contributed by atoms with Gasteiger partial charge in [0.1, 0.15) is 0 Å². The molecule has 2 atom stereocenters. The van der Waals surface area contributed by atoms with Crippen molar-refractivity contribution >= 4 is 16.8 Å². The highest BCUT2D eigenvalue weighted by Gasteiger charge is 2.47. The molecular weight excluding hydrogens is 450 g/mol. The number of amides is 1. The lowest BCUT2D eigenvalue weighted by Crippen LogP contribution is -2.49. The molecule has 0 radical (unpaired) electrons. The predicted molar refractivity (Wildman–Crippen MR) is 144 cm³/mol. The summed E-state index contributed by atoms with van der Waals surface area (Å²) in [4.78, 5) is 19.4. The number of nitrogens with one attached hydrogen (secondary N) is 2. The first kappa shape index (κ1) is 24.7. The van der Waals surface area contributed by atoms with E-state index >= 15 is 0 Å². The van der Waals surface area contributed by atoms with Gasteiger partial charge in [-0.3, -0.25) is 9.69 Å². The maximum Gasteiger partial charge on any atom is 0.220 e. The van der Waals surface area contributed by atoms with E-state index in [0.717, 1.165) is 55.8 Å². The Labute approximate surface area is 214 Å². The number of aromatic nitrogens is 1. The fourth-order valence-electron chi connectivity index (χ4n) is 6.64. The zero-order valence-corrected chi connectivity index (χ0v) is 21.9. The van der Waals surface area contributed by atoms with E-state index in [9.17, 15) is 4.79 Å². The summed E-state index contributed by atoms with van der Waals surface area (Å²) < 4.78 is 10.7. The lowest BCUT2D eigenvalue weighted by molar-refractivity contribution is -0.122. The summed E-state index contributed by atoms with van der Waals surface area (Å²) in [6, 6.07) is 15.0. The minimum Gasteiger partial charge on any atom is -0.493 e. The van der Waals surface area contributed by atoms with Crippen molar-refractivity contribution in [1.29, 1.82) is 0 Å². The number of H-pyrrole nitrogens is 1. The first-order valence-corrected chi connectivity index (χ1v) is 13.4. The molecule has 2 aromatic carbocycles. The fraction of sp³-hybridized carbons (Fsp3) is 0.500.